The number of ether oxygens (including phenoxy) is 2. The van der Waals surface area contributed by atoms with Crippen LogP contribution >= 0.6 is 0 Å². The molecule has 2 aromatic heterocycles. The number of pyridine rings is 2. The molecule has 7 heteroatoms. The first-order valence-electron chi connectivity index (χ1n) is 11.1. The molecule has 2 N–H and O–H groups in total. The van der Waals surface area contributed by atoms with Gasteiger partial charge in [-0.3, -0.25) is 4.98 Å². The smallest absolute Gasteiger partial charge is 0.224 e. The molecule has 168 valence electrons. The van der Waals surface area contributed by atoms with Crippen LogP contribution in [0.4, 0.5) is 0 Å². The summed E-state index contributed by atoms with van der Waals surface area (Å²) in [6.45, 7) is 6.69. The number of para-hydroxylation sites is 2. The lowest BCUT2D eigenvalue weighted by molar-refractivity contribution is 0.300. The third-order valence-corrected chi connectivity index (χ3v) is 4.52. The predicted molar refractivity (Wildman–Crippen MR) is 127 cm³/mol. The molecular formula is C25H31N5O2. The van der Waals surface area contributed by atoms with Crippen LogP contribution < -0.4 is 20.1 Å². The van der Waals surface area contributed by atoms with Gasteiger partial charge in [0.05, 0.1) is 13.2 Å². The first kappa shape index (κ1) is 23.1. The van der Waals surface area contributed by atoms with Gasteiger partial charge in [-0.2, -0.15) is 0 Å². The van der Waals surface area contributed by atoms with Crippen LogP contribution in [-0.2, 0) is 13.0 Å². The van der Waals surface area contributed by atoms with Gasteiger partial charge in [-0.25, -0.2) is 9.98 Å². The zero-order chi connectivity index (χ0) is 22.4. The lowest BCUT2D eigenvalue weighted by Gasteiger charge is -2.14. The Labute approximate surface area is 189 Å². The predicted octanol–water partition coefficient (Wildman–Crippen LogP) is 4.36. The maximum atomic E-state index is 6.11. The van der Waals surface area contributed by atoms with Crippen molar-refractivity contribution in [1.29, 1.82) is 0 Å². The highest BCUT2D eigenvalue weighted by Crippen LogP contribution is 2.32. The molecule has 3 rings (SSSR count). The molecule has 3 aromatic rings. The van der Waals surface area contributed by atoms with Crippen LogP contribution in [-0.4, -0.2) is 35.6 Å². The van der Waals surface area contributed by atoms with Crippen LogP contribution in [0.1, 0.15) is 31.5 Å². The monoisotopic (exact) mass is 433 g/mol. The molecule has 0 atom stereocenters. The van der Waals surface area contributed by atoms with E-state index in [1.54, 1.807) is 6.20 Å². The summed E-state index contributed by atoms with van der Waals surface area (Å²) in [4.78, 5) is 13.5. The zero-order valence-electron chi connectivity index (χ0n) is 18.8. The first-order chi connectivity index (χ1) is 15.8. The molecule has 0 saturated carbocycles. The van der Waals surface area contributed by atoms with Crippen LogP contribution in [0.5, 0.6) is 17.4 Å². The number of guanidine groups is 1. The summed E-state index contributed by atoms with van der Waals surface area (Å²) >= 11 is 0. The van der Waals surface area contributed by atoms with Crippen molar-refractivity contribution >= 4 is 5.96 Å². The van der Waals surface area contributed by atoms with E-state index in [0.717, 1.165) is 43.1 Å². The quantitative estimate of drug-likeness (QED) is 0.346. The Morgan fingerprint density at radius 1 is 0.906 bits per heavy atom. The molecule has 0 amide bonds. The average Bonchev–Trinajstić information content (AvgIpc) is 2.83. The number of hydrogen-bond acceptors (Lipinski definition) is 5. The number of rotatable bonds is 11. The van der Waals surface area contributed by atoms with Crippen molar-refractivity contribution in [2.24, 2.45) is 4.99 Å². The molecule has 0 aliphatic heterocycles. The van der Waals surface area contributed by atoms with Crippen molar-refractivity contribution in [2.75, 3.05) is 19.7 Å². The van der Waals surface area contributed by atoms with E-state index in [-0.39, 0.29) is 0 Å². The highest BCUT2D eigenvalue weighted by Gasteiger charge is 2.10. The zero-order valence-corrected chi connectivity index (χ0v) is 18.8. The topological polar surface area (TPSA) is 80.7 Å². The van der Waals surface area contributed by atoms with Crippen molar-refractivity contribution < 1.29 is 9.47 Å². The Morgan fingerprint density at radius 2 is 1.72 bits per heavy atom. The summed E-state index contributed by atoms with van der Waals surface area (Å²) in [6.07, 6.45) is 5.28. The van der Waals surface area contributed by atoms with Crippen LogP contribution in [0.2, 0.25) is 0 Å². The number of aliphatic imine (C=N–C) groups is 1. The van der Waals surface area contributed by atoms with Gasteiger partial charge in [-0.05, 0) is 43.7 Å². The summed E-state index contributed by atoms with van der Waals surface area (Å²) in [5.74, 6) is 2.61. The van der Waals surface area contributed by atoms with Gasteiger partial charge >= 0.3 is 0 Å². The number of nitrogens with one attached hydrogen (secondary N) is 2. The summed E-state index contributed by atoms with van der Waals surface area (Å²) < 4.78 is 11.9. The summed E-state index contributed by atoms with van der Waals surface area (Å²) in [5, 5.41) is 6.64. The highest BCUT2D eigenvalue weighted by molar-refractivity contribution is 5.79. The molecule has 0 saturated heterocycles. The molecule has 2 heterocycles. The normalized spacial score (nSPS) is 11.1. The average molecular weight is 434 g/mol. The summed E-state index contributed by atoms with van der Waals surface area (Å²) in [7, 11) is 0. The van der Waals surface area contributed by atoms with Crippen molar-refractivity contribution in [3.63, 3.8) is 0 Å². The Kier molecular flexibility index (Phi) is 9.33. The highest BCUT2D eigenvalue weighted by atomic mass is 16.5. The molecule has 1 aromatic carbocycles. The van der Waals surface area contributed by atoms with E-state index in [1.165, 1.54) is 0 Å². The Balaban J connectivity index is 1.66. The molecule has 0 bridgehead atoms. The Morgan fingerprint density at radius 3 is 2.50 bits per heavy atom. The van der Waals surface area contributed by atoms with Crippen LogP contribution in [0.3, 0.4) is 0 Å². The Bertz CT molecular complexity index is 979. The number of aromatic nitrogens is 2. The standard InChI is InChI=1S/C25H31N5O2/c1-3-18-31-22-12-5-6-13-23(22)32-24-20(10-9-16-28-24)19-30-25(26-4-2)29-17-14-21-11-7-8-15-27-21/h5-13,15-16H,3-4,14,17-19H2,1-2H3,(H2,26,29,30). The Hall–Kier alpha value is -3.61. The van der Waals surface area contributed by atoms with E-state index in [0.29, 0.717) is 30.5 Å². The fourth-order valence-corrected chi connectivity index (χ4v) is 2.97. The minimum Gasteiger partial charge on any atom is -0.490 e. The number of nitrogens with zero attached hydrogens (tertiary/aromatic N) is 3. The van der Waals surface area contributed by atoms with Gasteiger partial charge in [-0.1, -0.05) is 31.2 Å². The van der Waals surface area contributed by atoms with Gasteiger partial charge < -0.3 is 20.1 Å². The molecular weight excluding hydrogens is 402 g/mol. The molecule has 0 fully saturated rings. The third-order valence-electron chi connectivity index (χ3n) is 4.52. The number of benzene rings is 1. The van der Waals surface area contributed by atoms with Crippen LogP contribution in [0.25, 0.3) is 0 Å². The molecule has 7 nitrogen and oxygen atoms in total. The van der Waals surface area contributed by atoms with Crippen molar-refractivity contribution in [1.82, 2.24) is 20.6 Å². The second-order valence-corrected chi connectivity index (χ2v) is 7.06. The van der Waals surface area contributed by atoms with E-state index in [9.17, 15) is 0 Å². The van der Waals surface area contributed by atoms with Gasteiger partial charge in [0, 0.05) is 43.2 Å². The second-order valence-electron chi connectivity index (χ2n) is 7.06. The summed E-state index contributed by atoms with van der Waals surface area (Å²) in [6, 6.07) is 17.4. The second kappa shape index (κ2) is 12.9. The van der Waals surface area contributed by atoms with Crippen LogP contribution in [0.15, 0.2) is 72.0 Å². The molecule has 0 spiro atoms. The minimum absolute atomic E-state index is 0.431. The maximum absolute atomic E-state index is 6.11. The van der Waals surface area contributed by atoms with Crippen molar-refractivity contribution in [3.8, 4) is 17.4 Å². The van der Waals surface area contributed by atoms with E-state index >= 15 is 0 Å². The number of hydrogen-bond donors (Lipinski definition) is 2. The minimum atomic E-state index is 0.431. The van der Waals surface area contributed by atoms with Gasteiger partial charge in [-0.15, -0.1) is 0 Å². The lowest BCUT2D eigenvalue weighted by Crippen LogP contribution is -2.38. The fourth-order valence-electron chi connectivity index (χ4n) is 2.97. The van der Waals surface area contributed by atoms with Gasteiger partial charge in [0.25, 0.3) is 0 Å². The van der Waals surface area contributed by atoms with E-state index in [4.69, 9.17) is 14.5 Å². The fraction of sp³-hybridized carbons (Fsp3) is 0.320. The van der Waals surface area contributed by atoms with E-state index in [1.807, 2.05) is 67.7 Å². The largest absolute Gasteiger partial charge is 0.490 e. The van der Waals surface area contributed by atoms with Gasteiger partial charge in [0.15, 0.2) is 17.5 Å². The third kappa shape index (κ3) is 7.27. The maximum Gasteiger partial charge on any atom is 0.224 e. The van der Waals surface area contributed by atoms with Crippen molar-refractivity contribution in [3.05, 3.63) is 78.2 Å². The van der Waals surface area contributed by atoms with Crippen molar-refractivity contribution in [2.45, 2.75) is 33.2 Å². The molecule has 0 aliphatic rings. The first-order valence-corrected chi connectivity index (χ1v) is 11.1. The molecule has 0 aliphatic carbocycles. The van der Waals surface area contributed by atoms with Gasteiger partial charge in [0.2, 0.25) is 5.88 Å². The van der Waals surface area contributed by atoms with E-state index < -0.39 is 0 Å². The summed E-state index contributed by atoms with van der Waals surface area (Å²) in [5.41, 5.74) is 1.93. The molecule has 0 unspecified atom stereocenters. The molecule has 0 radical (unpaired) electrons. The van der Waals surface area contributed by atoms with Crippen LogP contribution in [0, 0.1) is 0 Å². The molecule has 32 heavy (non-hydrogen) atoms. The SMILES string of the molecule is CCCOc1ccccc1Oc1ncccc1CN=C(NCC)NCCc1ccccn1. The van der Waals surface area contributed by atoms with Gasteiger partial charge in [0.1, 0.15) is 0 Å². The lowest BCUT2D eigenvalue weighted by atomic mass is 10.2. The van der Waals surface area contributed by atoms with E-state index in [2.05, 4.69) is 27.5 Å².